The molecule has 11 aliphatic heterocycles. The molecule has 0 aromatic rings. The molecule has 11 saturated heterocycles. The number of hydrogen-bond donors (Lipinski definition) is 0. The zero-order chi connectivity index (χ0) is 62.7. The van der Waals surface area contributed by atoms with Crippen molar-refractivity contribution in [3.05, 3.63) is 0 Å². The van der Waals surface area contributed by atoms with Crippen LogP contribution in [0.25, 0.3) is 0 Å². The van der Waals surface area contributed by atoms with E-state index in [2.05, 4.69) is 220 Å². The molecule has 12 rings (SSSR count). The Morgan fingerprint density at radius 2 is 0.494 bits per heavy atom. The average Bonchev–Trinajstić information content (AvgIpc) is 2.56. The summed E-state index contributed by atoms with van der Waals surface area (Å²) in [7, 11) is 0. The van der Waals surface area contributed by atoms with Crippen LogP contribution in [0.15, 0.2) is 0 Å². The van der Waals surface area contributed by atoms with Crippen molar-refractivity contribution in [2.45, 2.75) is 296 Å². The summed E-state index contributed by atoms with van der Waals surface area (Å²) >= 11 is 0. The summed E-state index contributed by atoms with van der Waals surface area (Å²) in [5, 5.41) is 0. The molecule has 0 atom stereocenters. The summed E-state index contributed by atoms with van der Waals surface area (Å²) in [5.74, 6) is 3.87. The highest BCUT2D eigenvalue weighted by Crippen LogP contribution is 2.55. The van der Waals surface area contributed by atoms with E-state index in [1.54, 1.807) is 0 Å². The maximum absolute atomic E-state index is 2.73. The van der Waals surface area contributed by atoms with Crippen LogP contribution >= 0.6 is 0 Å². The summed E-state index contributed by atoms with van der Waals surface area (Å²) in [6.45, 7) is 83.8. The molecule has 11 heterocycles. The van der Waals surface area contributed by atoms with E-state index in [9.17, 15) is 0 Å². The second-order valence-electron chi connectivity index (χ2n) is 35.2. The van der Waals surface area contributed by atoms with Crippen LogP contribution in [0.3, 0.4) is 0 Å². The fraction of sp³-hybridized carbons (Fsp3) is 1.00. The van der Waals surface area contributed by atoms with Gasteiger partial charge >= 0.3 is 0 Å². The van der Waals surface area contributed by atoms with Crippen molar-refractivity contribution >= 4 is 0 Å². The Bertz CT molecular complexity index is 1790. The van der Waals surface area contributed by atoms with Crippen molar-refractivity contribution in [3.63, 3.8) is 0 Å². The van der Waals surface area contributed by atoms with Crippen LogP contribution in [0, 0.1) is 45.3 Å². The maximum atomic E-state index is 2.73. The molecule has 5 spiro atoms. The summed E-state index contributed by atoms with van der Waals surface area (Å²) in [5.41, 5.74) is 3.43. The van der Waals surface area contributed by atoms with Gasteiger partial charge in [0.15, 0.2) is 0 Å². The molecule has 0 aromatic carbocycles. The van der Waals surface area contributed by atoms with Gasteiger partial charge in [-0.1, -0.05) is 13.8 Å². The molecule has 1 aliphatic carbocycles. The first-order valence-electron chi connectivity index (χ1n) is 36.9. The second-order valence-corrected chi connectivity index (χ2v) is 35.2. The maximum Gasteiger partial charge on any atom is 0.0248 e. The normalized spacial score (nSPS) is 28.9. The zero-order valence-electron chi connectivity index (χ0n) is 61.3. The van der Waals surface area contributed by atoms with Gasteiger partial charge in [0.2, 0.25) is 0 Å². The molecule has 85 heavy (non-hydrogen) atoms. The first kappa shape index (κ1) is 72.0. The van der Waals surface area contributed by atoms with Crippen LogP contribution in [0.5, 0.6) is 0 Å². The molecule has 0 aromatic heterocycles. The van der Waals surface area contributed by atoms with Crippen molar-refractivity contribution < 1.29 is 0 Å². The largest absolute Gasteiger partial charge is 0.301 e. The minimum Gasteiger partial charge on any atom is -0.301 e. The Hall–Kier alpha value is -0.440. The first-order chi connectivity index (χ1) is 39.7. The van der Waals surface area contributed by atoms with Crippen molar-refractivity contribution in [1.82, 2.24) is 53.9 Å². The second kappa shape index (κ2) is 30.1. The fourth-order valence-corrected chi connectivity index (χ4v) is 18.0. The van der Waals surface area contributed by atoms with Crippen molar-refractivity contribution in [1.29, 1.82) is 0 Å². The van der Waals surface area contributed by atoms with Gasteiger partial charge in [0.05, 0.1) is 0 Å². The lowest BCUT2D eigenvalue weighted by atomic mass is 9.55. The first-order valence-corrected chi connectivity index (χ1v) is 36.9. The average molecular weight is 1190 g/mol. The van der Waals surface area contributed by atoms with Crippen LogP contribution < -0.4 is 0 Å². The van der Waals surface area contributed by atoms with Gasteiger partial charge in [0, 0.05) is 194 Å². The summed E-state index contributed by atoms with van der Waals surface area (Å²) < 4.78 is 0. The van der Waals surface area contributed by atoms with E-state index in [1.807, 2.05) is 0 Å². The monoisotopic (exact) mass is 1190 g/mol. The van der Waals surface area contributed by atoms with E-state index in [1.165, 1.54) is 195 Å². The van der Waals surface area contributed by atoms with Gasteiger partial charge in [-0.15, -0.1) is 0 Å². The molecular formula is C74H147N11. The van der Waals surface area contributed by atoms with E-state index >= 15 is 0 Å². The molecule has 11 heteroatoms. The number of likely N-dealkylation sites (tertiary alicyclic amines) is 11. The molecule has 0 unspecified atom stereocenters. The molecular weight excluding hydrogens is 1040 g/mol. The zero-order valence-corrected chi connectivity index (χ0v) is 61.3. The molecule has 12 fully saturated rings. The Morgan fingerprint density at radius 1 is 0.235 bits per heavy atom. The van der Waals surface area contributed by atoms with Crippen LogP contribution in [-0.4, -0.2) is 263 Å². The molecule has 1 saturated carbocycles. The van der Waals surface area contributed by atoms with Crippen LogP contribution in [0.2, 0.25) is 0 Å². The Morgan fingerprint density at radius 3 is 0.776 bits per heavy atom. The smallest absolute Gasteiger partial charge is 0.0248 e. The van der Waals surface area contributed by atoms with Crippen LogP contribution in [-0.2, 0) is 0 Å². The van der Waals surface area contributed by atoms with Crippen molar-refractivity contribution in [2.75, 3.05) is 137 Å². The Balaban J connectivity index is 0.000000146. The number of rotatable bonds is 12. The van der Waals surface area contributed by atoms with Gasteiger partial charge in [0.25, 0.3) is 0 Å². The van der Waals surface area contributed by atoms with Crippen LogP contribution in [0.4, 0.5) is 0 Å². The summed E-state index contributed by atoms with van der Waals surface area (Å²) in [6.07, 6.45) is 13.0. The molecule has 498 valence electrons. The van der Waals surface area contributed by atoms with Gasteiger partial charge in [-0.05, 0) is 271 Å². The molecule has 0 bridgehead atoms. The third-order valence-electron chi connectivity index (χ3n) is 25.1. The van der Waals surface area contributed by atoms with Gasteiger partial charge < -0.3 is 29.4 Å². The molecule has 12 aliphatic rings. The minimum atomic E-state index is 0.597. The van der Waals surface area contributed by atoms with Gasteiger partial charge in [0.1, 0.15) is 0 Å². The van der Waals surface area contributed by atoms with E-state index < -0.39 is 0 Å². The Kier molecular flexibility index (Phi) is 25.5. The van der Waals surface area contributed by atoms with Crippen LogP contribution in [0.1, 0.15) is 224 Å². The highest BCUT2D eigenvalue weighted by atomic mass is 15.3. The molecule has 0 amide bonds. The molecule has 0 N–H and O–H groups in total. The molecule has 0 radical (unpaired) electrons. The third-order valence-corrected chi connectivity index (χ3v) is 25.1. The van der Waals surface area contributed by atoms with Crippen molar-refractivity contribution in [3.8, 4) is 0 Å². The predicted molar refractivity (Wildman–Crippen MR) is 368 cm³/mol. The topological polar surface area (TPSA) is 35.6 Å². The van der Waals surface area contributed by atoms with E-state index in [0.717, 1.165) is 95.5 Å². The lowest BCUT2D eigenvalue weighted by Crippen LogP contribution is -2.73. The summed E-state index contributed by atoms with van der Waals surface area (Å²) in [4.78, 5) is 29.0. The van der Waals surface area contributed by atoms with Gasteiger partial charge in [-0.25, -0.2) is 0 Å². The third kappa shape index (κ3) is 18.0. The minimum absolute atomic E-state index is 0.597. The quantitative estimate of drug-likeness (QED) is 0.188. The number of nitrogens with zero attached hydrogens (tertiary/aromatic N) is 11. The number of hydrogen-bond acceptors (Lipinski definition) is 11. The van der Waals surface area contributed by atoms with Gasteiger partial charge in [-0.2, -0.15) is 0 Å². The highest BCUT2D eigenvalue weighted by Gasteiger charge is 2.54. The summed E-state index contributed by atoms with van der Waals surface area (Å²) in [6, 6.07) is 8.18. The number of piperidine rings is 2. The lowest BCUT2D eigenvalue weighted by Gasteiger charge is -2.62. The number of fused-ring (bicyclic) bond motifs is 1. The van der Waals surface area contributed by atoms with Crippen molar-refractivity contribution in [2.24, 2.45) is 45.3 Å². The predicted octanol–water partition coefficient (Wildman–Crippen LogP) is 12.6. The Labute approximate surface area is 530 Å². The van der Waals surface area contributed by atoms with E-state index in [4.69, 9.17) is 0 Å². The SMILES string of the molecule is CC(C)C1CC2(C1)CN(C(C)C)C2.CC(C)N1CC2(C1)CN(C(C)C)C2.CC(C)N1CC2CN(C(C)C)CC2C1.CC(C)N1CCC2(C1)CN(C(C)C)C2.CC(C)N1CCC2(CC1)CCN(C(C)C)C2.CC(C)N1CCC2(CC1)CCN2C(C)C. The highest BCUT2D eigenvalue weighted by molar-refractivity contribution is 5.08. The fourth-order valence-electron chi connectivity index (χ4n) is 18.0. The lowest BCUT2D eigenvalue weighted by molar-refractivity contribution is -0.135. The van der Waals surface area contributed by atoms with E-state index in [0.29, 0.717) is 21.8 Å². The standard InChI is InChI=1S/C14H28N2.C13H26N2.2C12H24N2.C12H23N.C11H22N2/c1-12(2)15-8-5-14(6-9-15)7-10-16(11-14)13(3)4;1-11(2)14-8-5-13(6-9-14)7-10-15(13)12(3)4;1-9(2)13-5-11-7-14(10(3)4)8-12(11)6-13;1-10(2)13-6-5-12(7-13)8-14(9-12)11(3)4;1-9(2)11-5-12(6-11)7-13(8-12)10(3)4;1-9(2)12-5-11(6-12)7-13(8-11)10(3)4/h12-13H,5-11H2,1-4H3;11-12H,5-10H2,1-4H3;9-12H,5-8H2,1-4H3;10-11H,5-9H2,1-4H3;9-11H,5-8H2,1-4H3;9-10H,5-8H2,1-4H3. The molecule has 11 nitrogen and oxygen atoms in total. The van der Waals surface area contributed by atoms with E-state index in [-0.39, 0.29) is 0 Å². The van der Waals surface area contributed by atoms with Gasteiger partial charge in [-0.3, -0.25) is 24.5 Å².